The van der Waals surface area contributed by atoms with E-state index in [9.17, 15) is 4.79 Å². The number of ether oxygens (including phenoxy) is 1. The van der Waals surface area contributed by atoms with Crippen LogP contribution in [-0.2, 0) is 4.74 Å². The summed E-state index contributed by atoms with van der Waals surface area (Å²) in [5.41, 5.74) is 0.684. The monoisotopic (exact) mass is 285 g/mol. The van der Waals surface area contributed by atoms with Crippen molar-refractivity contribution in [2.24, 2.45) is 0 Å². The summed E-state index contributed by atoms with van der Waals surface area (Å²) in [6.45, 7) is 0.623. The first kappa shape index (κ1) is 13.0. The third kappa shape index (κ3) is 2.16. The second-order valence-electron chi connectivity index (χ2n) is 6.26. The van der Waals surface area contributed by atoms with Crippen LogP contribution in [0, 0.1) is 0 Å². The zero-order valence-electron chi connectivity index (χ0n) is 12.0. The molecule has 2 aromatic heterocycles. The number of hydrogen-bond donors (Lipinski definition) is 0. The third-order valence-corrected chi connectivity index (χ3v) is 4.93. The van der Waals surface area contributed by atoms with Gasteiger partial charge in [0.1, 0.15) is 0 Å². The molecule has 0 aromatic carbocycles. The fourth-order valence-corrected chi connectivity index (χ4v) is 3.79. The molecule has 1 spiro atoms. The highest BCUT2D eigenvalue weighted by Gasteiger charge is 2.42. The molecular formula is C16H19N3O2. The Bertz CT molecular complexity index is 719. The largest absolute Gasteiger partial charge is 0.373 e. The number of pyridine rings is 1. The molecular weight excluding hydrogens is 266 g/mol. The molecule has 3 heterocycles. The molecule has 1 aliphatic carbocycles. The Kier molecular flexibility index (Phi) is 3.03. The predicted molar refractivity (Wildman–Crippen MR) is 79.2 cm³/mol. The number of rotatable bonds is 1. The molecule has 2 fully saturated rings. The van der Waals surface area contributed by atoms with Crippen LogP contribution in [-0.4, -0.2) is 26.7 Å². The van der Waals surface area contributed by atoms with Gasteiger partial charge in [0.05, 0.1) is 41.7 Å². The van der Waals surface area contributed by atoms with Gasteiger partial charge in [-0.2, -0.15) is 0 Å². The highest BCUT2D eigenvalue weighted by atomic mass is 16.5. The normalized spacial score (nSPS) is 24.7. The summed E-state index contributed by atoms with van der Waals surface area (Å²) < 4.78 is 7.87. The molecule has 2 aromatic rings. The fraction of sp³-hybridized carbons (Fsp3) is 0.562. The molecule has 0 amide bonds. The summed E-state index contributed by atoms with van der Waals surface area (Å²) in [4.78, 5) is 21.0. The van der Waals surface area contributed by atoms with E-state index in [2.05, 4.69) is 9.97 Å². The molecule has 5 heteroatoms. The van der Waals surface area contributed by atoms with E-state index in [4.69, 9.17) is 4.74 Å². The lowest BCUT2D eigenvalue weighted by Crippen LogP contribution is -2.31. The summed E-state index contributed by atoms with van der Waals surface area (Å²) in [7, 11) is 0. The van der Waals surface area contributed by atoms with Crippen LogP contribution in [0.3, 0.4) is 0 Å². The highest BCUT2D eigenvalue weighted by Crippen LogP contribution is 2.42. The maximum atomic E-state index is 12.6. The van der Waals surface area contributed by atoms with E-state index in [1.165, 1.54) is 19.3 Å². The van der Waals surface area contributed by atoms with E-state index in [0.29, 0.717) is 17.5 Å². The zero-order valence-corrected chi connectivity index (χ0v) is 12.0. The number of aromatic nitrogens is 3. The molecule has 110 valence electrons. The van der Waals surface area contributed by atoms with Gasteiger partial charge in [0.2, 0.25) is 0 Å². The Morgan fingerprint density at radius 2 is 2.14 bits per heavy atom. The highest BCUT2D eigenvalue weighted by molar-refractivity contribution is 5.75. The molecule has 5 nitrogen and oxygen atoms in total. The Morgan fingerprint density at radius 1 is 1.29 bits per heavy atom. The van der Waals surface area contributed by atoms with Crippen molar-refractivity contribution in [2.45, 2.75) is 50.2 Å². The Labute approximate surface area is 123 Å². The van der Waals surface area contributed by atoms with Crippen molar-refractivity contribution in [2.75, 3.05) is 6.61 Å². The molecule has 0 bridgehead atoms. The zero-order chi connectivity index (χ0) is 14.3. The Balaban J connectivity index is 1.68. The van der Waals surface area contributed by atoms with Gasteiger partial charge in [0, 0.05) is 6.20 Å². The van der Waals surface area contributed by atoms with E-state index >= 15 is 0 Å². The van der Waals surface area contributed by atoms with Crippen molar-refractivity contribution in [3.05, 3.63) is 35.1 Å². The van der Waals surface area contributed by atoms with Crippen LogP contribution < -0.4 is 5.56 Å². The molecule has 1 saturated heterocycles. The van der Waals surface area contributed by atoms with Crippen LogP contribution in [0.2, 0.25) is 0 Å². The van der Waals surface area contributed by atoms with Gasteiger partial charge >= 0.3 is 0 Å². The minimum atomic E-state index is 0.00948. The van der Waals surface area contributed by atoms with E-state index in [1.54, 1.807) is 29.4 Å². The fourth-order valence-electron chi connectivity index (χ4n) is 3.79. The summed E-state index contributed by atoms with van der Waals surface area (Å²) in [5, 5.41) is 0.636. The SMILES string of the molecule is O=c1c2ccncc2ncn1[C@@H]1COC2(CCCCC2)C1. The van der Waals surface area contributed by atoms with Crippen molar-refractivity contribution in [1.82, 2.24) is 14.5 Å². The average molecular weight is 285 g/mol. The lowest BCUT2D eigenvalue weighted by molar-refractivity contribution is -0.0248. The predicted octanol–water partition coefficient (Wildman–Crippen LogP) is 2.46. The third-order valence-electron chi connectivity index (χ3n) is 4.93. The van der Waals surface area contributed by atoms with E-state index in [1.807, 2.05) is 0 Å². The van der Waals surface area contributed by atoms with Crippen LogP contribution in [0.5, 0.6) is 0 Å². The lowest BCUT2D eigenvalue weighted by atomic mass is 9.82. The molecule has 4 rings (SSSR count). The van der Waals surface area contributed by atoms with Gasteiger partial charge < -0.3 is 4.74 Å². The second kappa shape index (κ2) is 4.91. The van der Waals surface area contributed by atoms with Gasteiger partial charge in [-0.15, -0.1) is 0 Å². The smallest absolute Gasteiger partial charge is 0.261 e. The first-order valence-electron chi connectivity index (χ1n) is 7.72. The summed E-state index contributed by atoms with van der Waals surface area (Å²) in [6, 6.07) is 1.86. The molecule has 2 aliphatic rings. The molecule has 0 radical (unpaired) electrons. The second-order valence-corrected chi connectivity index (χ2v) is 6.26. The van der Waals surface area contributed by atoms with Crippen molar-refractivity contribution < 1.29 is 4.74 Å². The van der Waals surface area contributed by atoms with Gasteiger partial charge in [-0.3, -0.25) is 14.3 Å². The minimum Gasteiger partial charge on any atom is -0.373 e. The van der Waals surface area contributed by atoms with Gasteiger partial charge in [0.25, 0.3) is 5.56 Å². The van der Waals surface area contributed by atoms with E-state index in [-0.39, 0.29) is 17.2 Å². The van der Waals surface area contributed by atoms with Gasteiger partial charge in [-0.25, -0.2) is 4.98 Å². The molecule has 1 aliphatic heterocycles. The Morgan fingerprint density at radius 3 is 3.00 bits per heavy atom. The number of hydrogen-bond acceptors (Lipinski definition) is 4. The van der Waals surface area contributed by atoms with Crippen LogP contribution in [0.25, 0.3) is 10.9 Å². The van der Waals surface area contributed by atoms with Gasteiger partial charge in [0.15, 0.2) is 0 Å². The lowest BCUT2D eigenvalue weighted by Gasteiger charge is -2.32. The standard InChI is InChI=1S/C16H19N3O2/c20-15-13-4-7-17-9-14(13)18-11-19(15)12-8-16(21-10-12)5-2-1-3-6-16/h4,7,9,11-12H,1-3,5-6,8,10H2/t12-/m0/s1. The molecule has 1 atom stereocenters. The summed E-state index contributed by atoms with van der Waals surface area (Å²) in [6.07, 6.45) is 11.9. The molecule has 1 saturated carbocycles. The maximum Gasteiger partial charge on any atom is 0.261 e. The molecule has 21 heavy (non-hydrogen) atoms. The molecule has 0 unspecified atom stereocenters. The minimum absolute atomic E-state index is 0.00948. The number of fused-ring (bicyclic) bond motifs is 1. The first-order chi connectivity index (χ1) is 10.3. The van der Waals surface area contributed by atoms with Crippen LogP contribution in [0.15, 0.2) is 29.6 Å². The van der Waals surface area contributed by atoms with Gasteiger partial charge in [-0.1, -0.05) is 19.3 Å². The van der Waals surface area contributed by atoms with Crippen molar-refractivity contribution in [1.29, 1.82) is 0 Å². The van der Waals surface area contributed by atoms with E-state index in [0.717, 1.165) is 19.3 Å². The van der Waals surface area contributed by atoms with E-state index < -0.39 is 0 Å². The summed E-state index contributed by atoms with van der Waals surface area (Å²) >= 11 is 0. The summed E-state index contributed by atoms with van der Waals surface area (Å²) in [5.74, 6) is 0. The van der Waals surface area contributed by atoms with Crippen LogP contribution in [0.1, 0.15) is 44.6 Å². The van der Waals surface area contributed by atoms with Crippen molar-refractivity contribution >= 4 is 10.9 Å². The van der Waals surface area contributed by atoms with Crippen LogP contribution in [0.4, 0.5) is 0 Å². The molecule has 0 N–H and O–H groups in total. The van der Waals surface area contributed by atoms with Gasteiger partial charge in [-0.05, 0) is 25.3 Å². The Hall–Kier alpha value is -1.75. The topological polar surface area (TPSA) is 57.0 Å². The van der Waals surface area contributed by atoms with Crippen LogP contribution >= 0.6 is 0 Å². The van der Waals surface area contributed by atoms with Crippen molar-refractivity contribution in [3.63, 3.8) is 0 Å². The average Bonchev–Trinajstić information content (AvgIpc) is 2.92. The number of nitrogens with zero attached hydrogens (tertiary/aromatic N) is 3. The maximum absolute atomic E-state index is 12.6. The quantitative estimate of drug-likeness (QED) is 0.807. The first-order valence-corrected chi connectivity index (χ1v) is 7.72. The van der Waals surface area contributed by atoms with Crippen molar-refractivity contribution in [3.8, 4) is 0 Å².